The van der Waals surface area contributed by atoms with Crippen molar-refractivity contribution < 1.29 is 9.53 Å². The topological polar surface area (TPSA) is 32.8 Å². The van der Waals surface area contributed by atoms with Crippen LogP contribution in [0.3, 0.4) is 0 Å². The highest BCUT2D eigenvalue weighted by Crippen LogP contribution is 2.30. The number of piperazine rings is 1. The van der Waals surface area contributed by atoms with E-state index >= 15 is 0 Å². The molecular weight excluding hydrogens is 372 g/mol. The Hall–Kier alpha value is -3.27. The van der Waals surface area contributed by atoms with Crippen molar-refractivity contribution in [1.29, 1.82) is 0 Å². The summed E-state index contributed by atoms with van der Waals surface area (Å²) in [6.07, 6.45) is 0.489. The third-order valence-electron chi connectivity index (χ3n) is 5.84. The Balaban J connectivity index is 1.44. The normalized spacial score (nSPS) is 14.1. The summed E-state index contributed by atoms with van der Waals surface area (Å²) in [6, 6.07) is 28.7. The molecular formula is C26H28N2O2. The number of nitrogens with zero attached hydrogens (tertiary/aromatic N) is 2. The Kier molecular flexibility index (Phi) is 6.33. The second-order valence-electron chi connectivity index (χ2n) is 7.62. The molecule has 0 saturated carbocycles. The zero-order valence-electron chi connectivity index (χ0n) is 17.4. The van der Waals surface area contributed by atoms with Crippen LogP contribution in [0.4, 0.5) is 5.69 Å². The van der Waals surface area contributed by atoms with Gasteiger partial charge >= 0.3 is 0 Å². The zero-order chi connectivity index (χ0) is 20.8. The fraction of sp³-hybridized carbons (Fsp3) is 0.269. The number of hydrogen-bond donors (Lipinski definition) is 0. The molecule has 0 bridgehead atoms. The van der Waals surface area contributed by atoms with Crippen LogP contribution in [0, 0.1) is 0 Å². The maximum absolute atomic E-state index is 13.2. The first-order chi connectivity index (χ1) is 14.8. The Morgan fingerprint density at radius 2 is 1.33 bits per heavy atom. The average Bonchev–Trinajstić information content (AvgIpc) is 2.83. The van der Waals surface area contributed by atoms with Crippen LogP contribution in [-0.2, 0) is 4.79 Å². The van der Waals surface area contributed by atoms with Crippen LogP contribution in [0.5, 0.6) is 5.75 Å². The molecule has 1 aliphatic heterocycles. The number of ether oxygens (including phenoxy) is 1. The Labute approximate surface area is 178 Å². The van der Waals surface area contributed by atoms with E-state index in [4.69, 9.17) is 4.74 Å². The summed E-state index contributed by atoms with van der Waals surface area (Å²) in [7, 11) is 1.70. The molecule has 4 nitrogen and oxygen atoms in total. The molecule has 0 aromatic heterocycles. The smallest absolute Gasteiger partial charge is 0.223 e. The predicted octanol–water partition coefficient (Wildman–Crippen LogP) is 4.57. The molecule has 0 atom stereocenters. The van der Waals surface area contributed by atoms with E-state index < -0.39 is 0 Å². The van der Waals surface area contributed by atoms with Gasteiger partial charge in [-0.2, -0.15) is 0 Å². The standard InChI is InChI=1S/C26H28N2O2/c1-30-25-15-9-8-14-24(25)27-16-18-28(19-17-27)26(29)20-23(21-10-4-2-5-11-21)22-12-6-3-7-13-22/h2-15,23H,16-20H2,1H3. The summed E-state index contributed by atoms with van der Waals surface area (Å²) in [6.45, 7) is 3.08. The van der Waals surface area contributed by atoms with Crippen molar-refractivity contribution in [3.8, 4) is 5.75 Å². The third kappa shape index (κ3) is 4.48. The molecule has 0 aliphatic carbocycles. The van der Waals surface area contributed by atoms with Gasteiger partial charge in [0.25, 0.3) is 0 Å². The second kappa shape index (κ2) is 9.49. The Bertz CT molecular complexity index is 912. The van der Waals surface area contributed by atoms with Crippen LogP contribution in [-0.4, -0.2) is 44.1 Å². The van der Waals surface area contributed by atoms with Gasteiger partial charge in [-0.25, -0.2) is 0 Å². The first-order valence-electron chi connectivity index (χ1n) is 10.5. The molecule has 1 aliphatic rings. The lowest BCUT2D eigenvalue weighted by molar-refractivity contribution is -0.131. The van der Waals surface area contributed by atoms with Crippen molar-refractivity contribution in [3.05, 3.63) is 96.1 Å². The largest absolute Gasteiger partial charge is 0.495 e. The molecule has 4 rings (SSSR count). The number of amides is 1. The van der Waals surface area contributed by atoms with E-state index in [2.05, 4.69) is 35.2 Å². The average molecular weight is 401 g/mol. The van der Waals surface area contributed by atoms with Crippen LogP contribution in [0.15, 0.2) is 84.9 Å². The van der Waals surface area contributed by atoms with E-state index in [1.807, 2.05) is 59.5 Å². The van der Waals surface area contributed by atoms with E-state index in [0.717, 1.165) is 37.6 Å². The molecule has 3 aromatic rings. The Morgan fingerprint density at radius 3 is 1.90 bits per heavy atom. The number of carbonyl (C=O) groups excluding carboxylic acids is 1. The number of benzene rings is 3. The number of carbonyl (C=O) groups is 1. The van der Waals surface area contributed by atoms with E-state index in [1.165, 1.54) is 11.1 Å². The minimum Gasteiger partial charge on any atom is -0.495 e. The van der Waals surface area contributed by atoms with Crippen molar-refractivity contribution in [2.24, 2.45) is 0 Å². The van der Waals surface area contributed by atoms with E-state index in [1.54, 1.807) is 7.11 Å². The third-order valence-corrected chi connectivity index (χ3v) is 5.84. The lowest BCUT2D eigenvalue weighted by Crippen LogP contribution is -2.49. The number of para-hydroxylation sites is 2. The molecule has 1 heterocycles. The van der Waals surface area contributed by atoms with E-state index in [9.17, 15) is 4.79 Å². The van der Waals surface area contributed by atoms with Gasteiger partial charge < -0.3 is 14.5 Å². The van der Waals surface area contributed by atoms with Crippen LogP contribution in [0.1, 0.15) is 23.5 Å². The number of hydrogen-bond acceptors (Lipinski definition) is 3. The SMILES string of the molecule is COc1ccccc1N1CCN(C(=O)CC(c2ccccc2)c2ccccc2)CC1. The van der Waals surface area contributed by atoms with Gasteiger partial charge in [-0.1, -0.05) is 72.8 Å². The van der Waals surface area contributed by atoms with Crippen LogP contribution < -0.4 is 9.64 Å². The molecule has 0 spiro atoms. The summed E-state index contributed by atoms with van der Waals surface area (Å²) >= 11 is 0. The summed E-state index contributed by atoms with van der Waals surface area (Å²) < 4.78 is 5.50. The highest BCUT2D eigenvalue weighted by molar-refractivity contribution is 5.78. The van der Waals surface area contributed by atoms with Crippen LogP contribution in [0.25, 0.3) is 0 Å². The highest BCUT2D eigenvalue weighted by atomic mass is 16.5. The quantitative estimate of drug-likeness (QED) is 0.608. The van der Waals surface area contributed by atoms with E-state index in [-0.39, 0.29) is 11.8 Å². The molecule has 154 valence electrons. The number of anilines is 1. The lowest BCUT2D eigenvalue weighted by Gasteiger charge is -2.37. The van der Waals surface area contributed by atoms with Crippen molar-refractivity contribution >= 4 is 11.6 Å². The maximum Gasteiger partial charge on any atom is 0.223 e. The predicted molar refractivity (Wildman–Crippen MR) is 121 cm³/mol. The van der Waals surface area contributed by atoms with Gasteiger partial charge in [-0.3, -0.25) is 4.79 Å². The van der Waals surface area contributed by atoms with Crippen LogP contribution >= 0.6 is 0 Å². The molecule has 30 heavy (non-hydrogen) atoms. The van der Waals surface area contributed by atoms with Crippen molar-refractivity contribution in [1.82, 2.24) is 4.90 Å². The molecule has 0 radical (unpaired) electrons. The molecule has 0 N–H and O–H groups in total. The van der Waals surface area contributed by atoms with Gasteiger partial charge in [-0.15, -0.1) is 0 Å². The minimum absolute atomic E-state index is 0.0761. The summed E-state index contributed by atoms with van der Waals surface area (Å²) in [4.78, 5) is 17.5. The van der Waals surface area contributed by atoms with Gasteiger partial charge in [0.05, 0.1) is 12.8 Å². The van der Waals surface area contributed by atoms with Gasteiger partial charge in [0, 0.05) is 38.5 Å². The summed E-state index contributed by atoms with van der Waals surface area (Å²) in [5, 5.41) is 0. The molecule has 1 amide bonds. The number of rotatable bonds is 6. The molecule has 4 heteroatoms. The first kappa shape index (κ1) is 20.0. The van der Waals surface area contributed by atoms with Gasteiger partial charge in [0.1, 0.15) is 5.75 Å². The second-order valence-corrected chi connectivity index (χ2v) is 7.62. The van der Waals surface area contributed by atoms with Crippen molar-refractivity contribution in [3.63, 3.8) is 0 Å². The lowest BCUT2D eigenvalue weighted by atomic mass is 9.88. The van der Waals surface area contributed by atoms with Crippen LogP contribution in [0.2, 0.25) is 0 Å². The summed E-state index contributed by atoms with van der Waals surface area (Å²) in [5.74, 6) is 1.17. The highest BCUT2D eigenvalue weighted by Gasteiger charge is 2.26. The fourth-order valence-corrected chi connectivity index (χ4v) is 4.19. The minimum atomic E-state index is 0.0761. The Morgan fingerprint density at radius 1 is 0.800 bits per heavy atom. The molecule has 3 aromatic carbocycles. The van der Waals surface area contributed by atoms with Gasteiger partial charge in [-0.05, 0) is 23.3 Å². The van der Waals surface area contributed by atoms with Crippen molar-refractivity contribution in [2.75, 3.05) is 38.2 Å². The first-order valence-corrected chi connectivity index (χ1v) is 10.5. The van der Waals surface area contributed by atoms with E-state index in [0.29, 0.717) is 6.42 Å². The molecule has 1 saturated heterocycles. The van der Waals surface area contributed by atoms with Gasteiger partial charge in [0.2, 0.25) is 5.91 Å². The fourth-order valence-electron chi connectivity index (χ4n) is 4.19. The number of methoxy groups -OCH3 is 1. The maximum atomic E-state index is 13.2. The monoisotopic (exact) mass is 400 g/mol. The van der Waals surface area contributed by atoms with Gasteiger partial charge in [0.15, 0.2) is 0 Å². The van der Waals surface area contributed by atoms with Crippen molar-refractivity contribution in [2.45, 2.75) is 12.3 Å². The molecule has 1 fully saturated rings. The zero-order valence-corrected chi connectivity index (χ0v) is 17.4. The summed E-state index contributed by atoms with van der Waals surface area (Å²) in [5.41, 5.74) is 3.47. The molecule has 0 unspecified atom stereocenters.